The van der Waals surface area contributed by atoms with Crippen LogP contribution in [-0.4, -0.2) is 89.7 Å². The molecule has 7 heteroatoms. The molecule has 134 valence electrons. The van der Waals surface area contributed by atoms with Crippen molar-refractivity contribution >= 4 is 0 Å². The third-order valence-corrected chi connectivity index (χ3v) is 3.17. The molecule has 0 atom stereocenters. The Labute approximate surface area is 136 Å². The molecule has 0 fully saturated rings. The Hall–Kier alpha value is -0.280. The van der Waals surface area contributed by atoms with Crippen LogP contribution in [0, 0.1) is 0 Å². The fourth-order valence-electron chi connectivity index (χ4n) is 1.92. The fourth-order valence-corrected chi connectivity index (χ4v) is 1.92. The lowest BCUT2D eigenvalue weighted by atomic mass is 10.3. The van der Waals surface area contributed by atoms with Crippen LogP contribution in [0.2, 0.25) is 0 Å². The van der Waals surface area contributed by atoms with Crippen molar-refractivity contribution in [2.24, 2.45) is 0 Å². The van der Waals surface area contributed by atoms with Crippen molar-refractivity contribution in [2.45, 2.75) is 20.0 Å². The van der Waals surface area contributed by atoms with Crippen LogP contribution in [-0.2, 0) is 0 Å². The van der Waals surface area contributed by atoms with E-state index in [2.05, 4.69) is 45.7 Å². The van der Waals surface area contributed by atoms with Gasteiger partial charge < -0.3 is 37.0 Å². The van der Waals surface area contributed by atoms with E-state index in [1.54, 1.807) is 0 Å². The van der Waals surface area contributed by atoms with Crippen LogP contribution < -0.4 is 31.9 Å². The third-order valence-electron chi connectivity index (χ3n) is 3.17. The van der Waals surface area contributed by atoms with Crippen LogP contribution in [0.15, 0.2) is 0 Å². The van der Waals surface area contributed by atoms with E-state index in [4.69, 9.17) is 0 Å². The van der Waals surface area contributed by atoms with Crippen LogP contribution in [0.3, 0.4) is 0 Å². The molecule has 7 N–H and O–H groups in total. The van der Waals surface area contributed by atoms with E-state index in [0.29, 0.717) is 13.1 Å². The Morgan fingerprint density at radius 2 is 0.864 bits per heavy atom. The topological polar surface area (TPSA) is 92.4 Å². The first-order chi connectivity index (χ1) is 10.8. The number of hydrogen-bond acceptors (Lipinski definition) is 7. The lowest BCUT2D eigenvalue weighted by Gasteiger charge is -2.13. The molecule has 0 heterocycles. The average molecular weight is 319 g/mol. The molecule has 22 heavy (non-hydrogen) atoms. The van der Waals surface area contributed by atoms with Crippen molar-refractivity contribution in [2.75, 3.05) is 78.5 Å². The number of rotatable bonds is 18. The first kappa shape index (κ1) is 21.7. The van der Waals surface area contributed by atoms with Gasteiger partial charge >= 0.3 is 0 Å². The minimum absolute atomic E-state index is 0.330. The highest BCUT2D eigenvalue weighted by Gasteiger charge is 2.01. The highest BCUT2D eigenvalue weighted by molar-refractivity contribution is 4.64. The molecule has 0 aliphatic rings. The van der Waals surface area contributed by atoms with Gasteiger partial charge in [0.25, 0.3) is 0 Å². The lowest BCUT2D eigenvalue weighted by Crippen LogP contribution is -2.40. The summed E-state index contributed by atoms with van der Waals surface area (Å²) >= 11 is 0. The molecular formula is C15H38N6O. The predicted octanol–water partition coefficient (Wildman–Crippen LogP) is -2.08. The van der Waals surface area contributed by atoms with Crippen molar-refractivity contribution < 1.29 is 5.11 Å². The van der Waals surface area contributed by atoms with Gasteiger partial charge in [0.2, 0.25) is 0 Å². The first-order valence-electron chi connectivity index (χ1n) is 8.73. The Morgan fingerprint density at radius 3 is 1.23 bits per heavy atom. The van der Waals surface area contributed by atoms with E-state index in [1.165, 1.54) is 0 Å². The lowest BCUT2D eigenvalue weighted by molar-refractivity contribution is 0.169. The van der Waals surface area contributed by atoms with Crippen LogP contribution in [0.4, 0.5) is 0 Å². The van der Waals surface area contributed by atoms with Gasteiger partial charge in [-0.05, 0) is 13.1 Å². The molecule has 0 spiro atoms. The van der Waals surface area contributed by atoms with E-state index in [1.807, 2.05) is 0 Å². The zero-order valence-electron chi connectivity index (χ0n) is 14.5. The van der Waals surface area contributed by atoms with Crippen LogP contribution in [0.5, 0.6) is 0 Å². The van der Waals surface area contributed by atoms with Crippen LogP contribution in [0.1, 0.15) is 13.8 Å². The number of aliphatic hydroxyl groups excluding tert-OH is 1. The SMILES string of the molecule is CCNCCNCCNCC(O)CNCCNCCNCC. The van der Waals surface area contributed by atoms with E-state index in [-0.39, 0.29) is 6.10 Å². The van der Waals surface area contributed by atoms with Crippen molar-refractivity contribution in [3.8, 4) is 0 Å². The molecule has 0 saturated carbocycles. The van der Waals surface area contributed by atoms with Gasteiger partial charge in [-0.1, -0.05) is 13.8 Å². The standard InChI is InChI=1S/C15H38N6O/c1-3-16-5-7-18-9-11-20-13-15(22)14-21-12-10-19-8-6-17-4-2/h15-22H,3-14H2,1-2H3. The summed E-state index contributed by atoms with van der Waals surface area (Å²) in [6.07, 6.45) is -0.330. The average Bonchev–Trinajstić information content (AvgIpc) is 2.52. The highest BCUT2D eigenvalue weighted by atomic mass is 16.3. The first-order valence-corrected chi connectivity index (χ1v) is 8.73. The van der Waals surface area contributed by atoms with Crippen molar-refractivity contribution in [3.63, 3.8) is 0 Å². The molecule has 0 radical (unpaired) electrons. The molecule has 0 rings (SSSR count). The monoisotopic (exact) mass is 318 g/mol. The summed E-state index contributed by atoms with van der Waals surface area (Å²) in [5.74, 6) is 0. The van der Waals surface area contributed by atoms with Gasteiger partial charge in [-0.2, -0.15) is 0 Å². The Kier molecular flexibility index (Phi) is 18.5. The van der Waals surface area contributed by atoms with E-state index in [9.17, 15) is 5.11 Å². The Balaban J connectivity index is 3.11. The zero-order chi connectivity index (χ0) is 16.3. The molecule has 0 aromatic carbocycles. The minimum Gasteiger partial charge on any atom is -0.390 e. The summed E-state index contributed by atoms with van der Waals surface area (Å²) in [5.41, 5.74) is 0. The molecule has 7 nitrogen and oxygen atoms in total. The number of nitrogens with one attached hydrogen (secondary N) is 6. The Morgan fingerprint density at radius 1 is 0.545 bits per heavy atom. The number of likely N-dealkylation sites (N-methyl/N-ethyl adjacent to an activating group) is 2. The second-order valence-corrected chi connectivity index (χ2v) is 5.27. The van der Waals surface area contributed by atoms with E-state index < -0.39 is 0 Å². The third kappa shape index (κ3) is 17.8. The maximum Gasteiger partial charge on any atom is 0.0788 e. The van der Waals surface area contributed by atoms with E-state index in [0.717, 1.165) is 65.4 Å². The molecule has 0 aromatic heterocycles. The molecular weight excluding hydrogens is 280 g/mol. The number of aliphatic hydroxyl groups is 1. The number of hydrogen-bond donors (Lipinski definition) is 7. The van der Waals surface area contributed by atoms with Crippen molar-refractivity contribution in [1.82, 2.24) is 31.9 Å². The van der Waals surface area contributed by atoms with Gasteiger partial charge in [-0.15, -0.1) is 0 Å². The Bertz CT molecular complexity index is 188. The predicted molar refractivity (Wildman–Crippen MR) is 94.6 cm³/mol. The van der Waals surface area contributed by atoms with Crippen molar-refractivity contribution in [1.29, 1.82) is 0 Å². The molecule has 0 aliphatic carbocycles. The normalized spacial score (nSPS) is 11.5. The molecule has 0 saturated heterocycles. The van der Waals surface area contributed by atoms with E-state index >= 15 is 0 Å². The summed E-state index contributed by atoms with van der Waals surface area (Å²) in [4.78, 5) is 0. The molecule has 0 aromatic rings. The fraction of sp³-hybridized carbons (Fsp3) is 1.00. The second-order valence-electron chi connectivity index (χ2n) is 5.27. The quantitative estimate of drug-likeness (QED) is 0.146. The summed E-state index contributed by atoms with van der Waals surface area (Å²) in [7, 11) is 0. The van der Waals surface area contributed by atoms with Crippen molar-refractivity contribution in [3.05, 3.63) is 0 Å². The summed E-state index contributed by atoms with van der Waals surface area (Å²) in [6.45, 7) is 15.1. The van der Waals surface area contributed by atoms with Crippen LogP contribution in [0.25, 0.3) is 0 Å². The van der Waals surface area contributed by atoms with Gasteiger partial charge in [0.15, 0.2) is 0 Å². The second kappa shape index (κ2) is 18.8. The van der Waals surface area contributed by atoms with Gasteiger partial charge in [-0.25, -0.2) is 0 Å². The summed E-state index contributed by atoms with van der Waals surface area (Å²) in [6, 6.07) is 0. The van der Waals surface area contributed by atoms with Gasteiger partial charge in [0, 0.05) is 65.4 Å². The maximum absolute atomic E-state index is 9.81. The molecule has 0 bridgehead atoms. The van der Waals surface area contributed by atoms with Crippen LogP contribution >= 0.6 is 0 Å². The van der Waals surface area contributed by atoms with Gasteiger partial charge in [0.1, 0.15) is 0 Å². The zero-order valence-corrected chi connectivity index (χ0v) is 14.5. The summed E-state index contributed by atoms with van der Waals surface area (Å²) < 4.78 is 0. The van der Waals surface area contributed by atoms with Gasteiger partial charge in [0.05, 0.1) is 6.10 Å². The highest BCUT2D eigenvalue weighted by Crippen LogP contribution is 1.77. The van der Waals surface area contributed by atoms with Gasteiger partial charge in [-0.3, -0.25) is 0 Å². The minimum atomic E-state index is -0.330. The summed E-state index contributed by atoms with van der Waals surface area (Å²) in [5, 5.41) is 29.5. The molecule has 0 unspecified atom stereocenters. The largest absolute Gasteiger partial charge is 0.390 e. The molecule has 0 amide bonds. The maximum atomic E-state index is 9.81. The smallest absolute Gasteiger partial charge is 0.0788 e. The molecule has 0 aliphatic heterocycles.